The van der Waals surface area contributed by atoms with Crippen molar-refractivity contribution in [3.63, 3.8) is 0 Å². The van der Waals surface area contributed by atoms with Gasteiger partial charge in [0.25, 0.3) is 0 Å². The SMILES string of the molecule is CCCCCCc1cccc(-c2cc[c-]c(-c3ncccc3C)c2)c1.Cc1cc(C)c(-c2ccc(-c3[c-]cccc3)nc2)c(C)c1.[Ir]. The zero-order valence-electron chi connectivity index (χ0n) is 28.2. The second-order valence-electron chi connectivity index (χ2n) is 12.2. The molecule has 0 saturated heterocycles. The predicted molar refractivity (Wildman–Crippen MR) is 195 cm³/mol. The van der Waals surface area contributed by atoms with Crippen LogP contribution in [0.5, 0.6) is 0 Å². The molecule has 6 rings (SSSR count). The largest absolute Gasteiger partial charge is 0.304 e. The first-order chi connectivity index (χ1) is 22.4. The molecule has 2 heterocycles. The Hall–Kier alpha value is -4.17. The average molecular weight is 793 g/mol. The molecule has 0 aliphatic heterocycles. The fraction of sp³-hybridized carbons (Fsp3) is 0.227. The first-order valence-electron chi connectivity index (χ1n) is 16.5. The fourth-order valence-electron chi connectivity index (χ4n) is 6.10. The Kier molecular flexibility index (Phi) is 13.4. The van der Waals surface area contributed by atoms with Gasteiger partial charge < -0.3 is 9.97 Å². The van der Waals surface area contributed by atoms with E-state index in [1.54, 1.807) is 0 Å². The third kappa shape index (κ3) is 9.67. The van der Waals surface area contributed by atoms with E-state index in [9.17, 15) is 0 Å². The summed E-state index contributed by atoms with van der Waals surface area (Å²) in [6, 6.07) is 42.5. The van der Waals surface area contributed by atoms with E-state index in [0.717, 1.165) is 22.5 Å². The van der Waals surface area contributed by atoms with E-state index in [1.165, 1.54) is 82.2 Å². The van der Waals surface area contributed by atoms with Crippen LogP contribution in [0, 0.1) is 39.8 Å². The molecule has 0 atom stereocenters. The second-order valence-corrected chi connectivity index (χ2v) is 12.2. The maximum absolute atomic E-state index is 4.60. The van der Waals surface area contributed by atoms with E-state index in [1.807, 2.05) is 48.8 Å². The van der Waals surface area contributed by atoms with Crippen molar-refractivity contribution >= 4 is 0 Å². The van der Waals surface area contributed by atoms with Crippen molar-refractivity contribution in [1.82, 2.24) is 9.97 Å². The predicted octanol–water partition coefficient (Wildman–Crippen LogP) is 11.8. The Labute approximate surface area is 295 Å². The molecule has 0 fully saturated rings. The summed E-state index contributed by atoms with van der Waals surface area (Å²) < 4.78 is 0. The smallest absolute Gasteiger partial charge is 0.0239 e. The number of rotatable bonds is 9. The molecule has 0 saturated carbocycles. The fourth-order valence-corrected chi connectivity index (χ4v) is 6.10. The molecule has 3 heteroatoms. The second kappa shape index (κ2) is 17.7. The van der Waals surface area contributed by atoms with Crippen LogP contribution in [0.4, 0.5) is 0 Å². The zero-order chi connectivity index (χ0) is 32.3. The zero-order valence-corrected chi connectivity index (χ0v) is 30.6. The third-order valence-electron chi connectivity index (χ3n) is 8.36. The van der Waals surface area contributed by atoms with E-state index in [0.29, 0.717) is 0 Å². The van der Waals surface area contributed by atoms with Crippen LogP contribution in [0.3, 0.4) is 0 Å². The van der Waals surface area contributed by atoms with Crippen molar-refractivity contribution in [2.24, 2.45) is 0 Å². The van der Waals surface area contributed by atoms with Gasteiger partial charge in [-0.15, -0.1) is 71.3 Å². The molecule has 6 aromatic rings. The van der Waals surface area contributed by atoms with Crippen LogP contribution >= 0.6 is 0 Å². The first kappa shape index (κ1) is 35.7. The maximum Gasteiger partial charge on any atom is 0.0239 e. The normalized spacial score (nSPS) is 10.5. The molecule has 241 valence electrons. The van der Waals surface area contributed by atoms with E-state index in [4.69, 9.17) is 0 Å². The quantitative estimate of drug-likeness (QED) is 0.108. The number of nitrogens with zero attached hydrogens (tertiary/aromatic N) is 2. The molecule has 2 aromatic heterocycles. The van der Waals surface area contributed by atoms with Crippen LogP contribution in [0.25, 0.3) is 44.8 Å². The summed E-state index contributed by atoms with van der Waals surface area (Å²) in [5.74, 6) is 0. The molecule has 2 nitrogen and oxygen atoms in total. The van der Waals surface area contributed by atoms with Crippen molar-refractivity contribution < 1.29 is 20.1 Å². The van der Waals surface area contributed by atoms with Crippen LogP contribution < -0.4 is 0 Å². The maximum atomic E-state index is 4.60. The molecule has 0 unspecified atom stereocenters. The number of aryl methyl sites for hydroxylation is 5. The van der Waals surface area contributed by atoms with E-state index < -0.39 is 0 Å². The molecule has 0 spiro atoms. The van der Waals surface area contributed by atoms with Gasteiger partial charge in [0.05, 0.1) is 0 Å². The number of hydrogen-bond donors (Lipinski definition) is 0. The minimum atomic E-state index is 0. The Morgan fingerprint density at radius 3 is 2.09 bits per heavy atom. The number of benzene rings is 4. The Bertz CT molecular complexity index is 1840. The van der Waals surface area contributed by atoms with Crippen molar-refractivity contribution in [3.05, 3.63) is 155 Å². The minimum absolute atomic E-state index is 0. The summed E-state index contributed by atoms with van der Waals surface area (Å²) in [5, 5.41) is 0. The van der Waals surface area contributed by atoms with Gasteiger partial charge in [0.2, 0.25) is 0 Å². The van der Waals surface area contributed by atoms with Gasteiger partial charge in [-0.3, -0.25) is 0 Å². The number of hydrogen-bond acceptors (Lipinski definition) is 2. The number of pyridine rings is 2. The summed E-state index contributed by atoms with van der Waals surface area (Å²) >= 11 is 0. The summed E-state index contributed by atoms with van der Waals surface area (Å²) in [6.45, 7) is 10.8. The molecule has 4 aromatic carbocycles. The van der Waals surface area contributed by atoms with Crippen LogP contribution in [0.1, 0.15) is 60.4 Å². The molecule has 0 N–H and O–H groups in total. The van der Waals surface area contributed by atoms with Crippen molar-refractivity contribution in [2.75, 3.05) is 0 Å². The molecule has 0 aliphatic carbocycles. The van der Waals surface area contributed by atoms with E-state index >= 15 is 0 Å². The number of unbranched alkanes of at least 4 members (excludes halogenated alkanes) is 3. The van der Waals surface area contributed by atoms with Crippen molar-refractivity contribution in [3.8, 4) is 44.8 Å². The molecule has 0 amide bonds. The summed E-state index contributed by atoms with van der Waals surface area (Å²) in [6.07, 6.45) is 10.2. The molecular formula is C44H44IrN2-2. The van der Waals surface area contributed by atoms with Crippen LogP contribution in [-0.2, 0) is 26.5 Å². The van der Waals surface area contributed by atoms with Gasteiger partial charge in [-0.1, -0.05) is 91.9 Å². The van der Waals surface area contributed by atoms with Gasteiger partial charge in [0.1, 0.15) is 0 Å². The van der Waals surface area contributed by atoms with Crippen LogP contribution in [-0.4, -0.2) is 9.97 Å². The molecule has 1 radical (unpaired) electrons. The molecular weight excluding hydrogens is 749 g/mol. The van der Waals surface area contributed by atoms with Gasteiger partial charge in [-0.05, 0) is 91.4 Å². The first-order valence-corrected chi connectivity index (χ1v) is 16.5. The van der Waals surface area contributed by atoms with Crippen LogP contribution in [0.2, 0.25) is 0 Å². The Morgan fingerprint density at radius 2 is 1.38 bits per heavy atom. The standard InChI is InChI=1S/C24H26N.C20H18N.Ir/c1-3-4-5-6-11-20-12-7-13-21(17-20)22-14-8-15-23(18-22)24-19(2)10-9-16-25-24;1-14-11-15(2)20(16(3)12-14)18-9-10-19(21-13-18)17-7-5-4-6-8-17;/h7-10,12-14,16-18H,3-6,11H2,1-2H3;4-7,9-13H,1-3H3;/q2*-1;. The van der Waals surface area contributed by atoms with E-state index in [-0.39, 0.29) is 20.1 Å². The van der Waals surface area contributed by atoms with Crippen molar-refractivity contribution in [2.45, 2.75) is 66.7 Å². The molecule has 47 heavy (non-hydrogen) atoms. The van der Waals surface area contributed by atoms with Gasteiger partial charge in [0, 0.05) is 32.5 Å². The minimum Gasteiger partial charge on any atom is -0.304 e. The third-order valence-corrected chi connectivity index (χ3v) is 8.36. The molecule has 0 bridgehead atoms. The Balaban J connectivity index is 0.000000211. The van der Waals surface area contributed by atoms with Crippen molar-refractivity contribution in [1.29, 1.82) is 0 Å². The van der Waals surface area contributed by atoms with Gasteiger partial charge in [-0.25, -0.2) is 0 Å². The van der Waals surface area contributed by atoms with Gasteiger partial charge in [0.15, 0.2) is 0 Å². The topological polar surface area (TPSA) is 25.8 Å². The van der Waals surface area contributed by atoms with E-state index in [2.05, 4.69) is 123 Å². The monoisotopic (exact) mass is 793 g/mol. The number of aromatic nitrogens is 2. The summed E-state index contributed by atoms with van der Waals surface area (Å²) in [5.41, 5.74) is 15.5. The summed E-state index contributed by atoms with van der Waals surface area (Å²) in [7, 11) is 0. The Morgan fingerprint density at radius 1 is 0.596 bits per heavy atom. The van der Waals surface area contributed by atoms with Gasteiger partial charge >= 0.3 is 0 Å². The molecule has 0 aliphatic rings. The average Bonchev–Trinajstić information content (AvgIpc) is 3.08. The summed E-state index contributed by atoms with van der Waals surface area (Å²) in [4.78, 5) is 9.13. The van der Waals surface area contributed by atoms with Crippen LogP contribution in [0.15, 0.2) is 116 Å². The van der Waals surface area contributed by atoms with Gasteiger partial charge in [-0.2, -0.15) is 0 Å².